The second kappa shape index (κ2) is 9.53. The summed E-state index contributed by atoms with van der Waals surface area (Å²) in [4.78, 5) is 10.1. The van der Waals surface area contributed by atoms with E-state index in [9.17, 15) is 0 Å². The topological polar surface area (TPSA) is 25.8 Å². The van der Waals surface area contributed by atoms with Crippen molar-refractivity contribution in [3.63, 3.8) is 0 Å². The van der Waals surface area contributed by atoms with Crippen molar-refractivity contribution >= 4 is 43.1 Å². The van der Waals surface area contributed by atoms with E-state index in [0.29, 0.717) is 10.8 Å². The molecule has 5 aromatic carbocycles. The highest BCUT2D eigenvalue weighted by Gasteiger charge is 2.13. The molecule has 180 valence electrons. The number of fused-ring (bicyclic) bond motifs is 3. The maximum Gasteiger partial charge on any atom is 0.160 e. The number of halogens is 1. The first-order valence-corrected chi connectivity index (χ1v) is 13.6. The lowest BCUT2D eigenvalue weighted by molar-refractivity contribution is 1.18. The van der Waals surface area contributed by atoms with Crippen LogP contribution in [0.4, 0.5) is 0 Å². The van der Waals surface area contributed by atoms with Crippen molar-refractivity contribution in [2.75, 3.05) is 0 Å². The molecule has 7 rings (SSSR count). The first-order chi connectivity index (χ1) is 18.7. The third-order valence-electron chi connectivity index (χ3n) is 6.77. The summed E-state index contributed by atoms with van der Waals surface area (Å²) in [6.07, 6.45) is 0. The smallest absolute Gasteiger partial charge is 0.160 e. The van der Waals surface area contributed by atoms with E-state index in [1.165, 1.54) is 31.3 Å². The molecule has 0 aliphatic carbocycles. The Hall–Kier alpha value is -4.31. The summed E-state index contributed by atoms with van der Waals surface area (Å²) in [7, 11) is 0. The van der Waals surface area contributed by atoms with Crippen molar-refractivity contribution in [3.8, 4) is 45.0 Å². The van der Waals surface area contributed by atoms with Gasteiger partial charge in [0.25, 0.3) is 0 Å². The molecule has 0 spiro atoms. The summed E-state index contributed by atoms with van der Waals surface area (Å²) in [6.45, 7) is 0. The molecule has 0 aliphatic heterocycles. The van der Waals surface area contributed by atoms with Gasteiger partial charge >= 0.3 is 0 Å². The average molecular weight is 525 g/mol. The summed E-state index contributed by atoms with van der Waals surface area (Å²) in [5, 5.41) is 3.17. The van der Waals surface area contributed by atoms with Crippen LogP contribution < -0.4 is 0 Å². The zero-order valence-electron chi connectivity index (χ0n) is 20.3. The maximum absolute atomic E-state index is 6.35. The minimum atomic E-state index is 0.683. The number of hydrogen-bond acceptors (Lipinski definition) is 3. The van der Waals surface area contributed by atoms with Gasteiger partial charge in [0.1, 0.15) is 0 Å². The number of thiophene rings is 1. The molecule has 2 heterocycles. The summed E-state index contributed by atoms with van der Waals surface area (Å²) in [6, 6.07) is 43.9. The average Bonchev–Trinajstić information content (AvgIpc) is 3.35. The van der Waals surface area contributed by atoms with E-state index in [4.69, 9.17) is 21.6 Å². The lowest BCUT2D eigenvalue weighted by atomic mass is 10.0. The van der Waals surface area contributed by atoms with E-state index in [0.717, 1.165) is 28.1 Å². The molecule has 0 fully saturated rings. The van der Waals surface area contributed by atoms with Crippen LogP contribution in [-0.2, 0) is 0 Å². The molecule has 0 amide bonds. The first-order valence-electron chi connectivity index (χ1n) is 12.4. The van der Waals surface area contributed by atoms with Gasteiger partial charge in [0.15, 0.2) is 5.82 Å². The SMILES string of the molecule is Clc1cccc(-c2cc(-c3ccc(-c4ccccc4)cc3)nc(-c3ccc4sc5ccccc5c4c3)n2)c1. The molecule has 0 saturated heterocycles. The van der Waals surface area contributed by atoms with E-state index in [-0.39, 0.29) is 0 Å². The monoisotopic (exact) mass is 524 g/mol. The van der Waals surface area contributed by atoms with Crippen LogP contribution in [-0.4, -0.2) is 9.97 Å². The Morgan fingerprint density at radius 2 is 1.08 bits per heavy atom. The Labute approximate surface area is 229 Å². The third kappa shape index (κ3) is 4.26. The quantitative estimate of drug-likeness (QED) is 0.229. The molecule has 4 heteroatoms. The predicted molar refractivity (Wildman–Crippen MR) is 162 cm³/mol. The van der Waals surface area contributed by atoms with Crippen LogP contribution in [0.25, 0.3) is 65.2 Å². The number of nitrogens with zero attached hydrogens (tertiary/aromatic N) is 2. The summed E-state index contributed by atoms with van der Waals surface area (Å²) < 4.78 is 2.55. The largest absolute Gasteiger partial charge is 0.228 e. The molecule has 0 unspecified atom stereocenters. The van der Waals surface area contributed by atoms with Crippen LogP contribution in [0, 0.1) is 0 Å². The fourth-order valence-corrected chi connectivity index (χ4v) is 6.13. The van der Waals surface area contributed by atoms with E-state index >= 15 is 0 Å². The van der Waals surface area contributed by atoms with Gasteiger partial charge in [-0.2, -0.15) is 0 Å². The van der Waals surface area contributed by atoms with Crippen molar-refractivity contribution in [2.45, 2.75) is 0 Å². The van der Waals surface area contributed by atoms with Crippen LogP contribution in [0.15, 0.2) is 127 Å². The van der Waals surface area contributed by atoms with Gasteiger partial charge in [-0.05, 0) is 53.6 Å². The maximum atomic E-state index is 6.35. The molecule has 0 bridgehead atoms. The van der Waals surface area contributed by atoms with Gasteiger partial charge in [-0.1, -0.05) is 96.5 Å². The second-order valence-corrected chi connectivity index (χ2v) is 10.7. The zero-order chi connectivity index (χ0) is 25.5. The number of rotatable bonds is 4. The van der Waals surface area contributed by atoms with E-state index in [1.807, 2.05) is 47.7 Å². The molecule has 2 aromatic heterocycles. The molecule has 0 saturated carbocycles. The molecule has 7 aromatic rings. The minimum Gasteiger partial charge on any atom is -0.228 e. The van der Waals surface area contributed by atoms with Crippen LogP contribution >= 0.6 is 22.9 Å². The van der Waals surface area contributed by atoms with E-state index in [2.05, 4.69) is 91.0 Å². The Kier molecular flexibility index (Phi) is 5.73. The second-order valence-electron chi connectivity index (χ2n) is 9.22. The fraction of sp³-hybridized carbons (Fsp3) is 0. The first kappa shape index (κ1) is 22.9. The lowest BCUT2D eigenvalue weighted by Gasteiger charge is -2.10. The van der Waals surface area contributed by atoms with Crippen LogP contribution in [0.5, 0.6) is 0 Å². The molecule has 0 radical (unpaired) electrons. The number of aromatic nitrogens is 2. The summed E-state index contributed by atoms with van der Waals surface area (Å²) >= 11 is 8.16. The summed E-state index contributed by atoms with van der Waals surface area (Å²) in [5.41, 5.74) is 7.08. The predicted octanol–water partition coefficient (Wildman–Crippen LogP) is 10.2. The van der Waals surface area contributed by atoms with Crippen LogP contribution in [0.2, 0.25) is 5.02 Å². The highest BCUT2D eigenvalue weighted by Crippen LogP contribution is 2.37. The number of benzene rings is 5. The van der Waals surface area contributed by atoms with Gasteiger partial charge < -0.3 is 0 Å². The fourth-order valence-electron chi connectivity index (χ4n) is 4.85. The highest BCUT2D eigenvalue weighted by atomic mass is 35.5. The van der Waals surface area contributed by atoms with Gasteiger partial charge in [-0.3, -0.25) is 0 Å². The lowest BCUT2D eigenvalue weighted by Crippen LogP contribution is -1.96. The minimum absolute atomic E-state index is 0.683. The zero-order valence-corrected chi connectivity index (χ0v) is 21.9. The highest BCUT2D eigenvalue weighted by molar-refractivity contribution is 7.25. The van der Waals surface area contributed by atoms with E-state index < -0.39 is 0 Å². The van der Waals surface area contributed by atoms with Crippen molar-refractivity contribution in [3.05, 3.63) is 132 Å². The number of hydrogen-bond donors (Lipinski definition) is 0. The molecule has 0 aliphatic rings. The Morgan fingerprint density at radius 1 is 0.447 bits per heavy atom. The Morgan fingerprint density at radius 3 is 1.89 bits per heavy atom. The van der Waals surface area contributed by atoms with Crippen molar-refractivity contribution < 1.29 is 0 Å². The molecular weight excluding hydrogens is 504 g/mol. The molecule has 0 atom stereocenters. The molecule has 38 heavy (non-hydrogen) atoms. The van der Waals surface area contributed by atoms with Gasteiger partial charge in [0.2, 0.25) is 0 Å². The van der Waals surface area contributed by atoms with Crippen LogP contribution in [0.1, 0.15) is 0 Å². The third-order valence-corrected chi connectivity index (χ3v) is 8.16. The Bertz CT molecular complexity index is 1920. The summed E-state index contributed by atoms with van der Waals surface area (Å²) in [5.74, 6) is 0.696. The van der Waals surface area contributed by atoms with Crippen molar-refractivity contribution in [1.29, 1.82) is 0 Å². The van der Waals surface area contributed by atoms with Gasteiger partial charge in [0.05, 0.1) is 11.4 Å². The molecule has 0 N–H and O–H groups in total. The van der Waals surface area contributed by atoms with E-state index in [1.54, 1.807) is 0 Å². The standard InChI is InChI=1S/C34H21ClN2S/c35-27-10-6-9-25(19-27)31-21-30(24-15-13-23(14-16-24)22-7-2-1-3-8-22)36-34(37-31)26-17-18-33-29(20-26)28-11-4-5-12-32(28)38-33/h1-21H. The molecular formula is C34H21ClN2S. The Balaban J connectivity index is 1.38. The molecule has 2 nitrogen and oxygen atoms in total. The van der Waals surface area contributed by atoms with Gasteiger partial charge in [-0.25, -0.2) is 9.97 Å². The van der Waals surface area contributed by atoms with Crippen molar-refractivity contribution in [2.24, 2.45) is 0 Å². The van der Waals surface area contributed by atoms with Gasteiger partial charge in [-0.15, -0.1) is 11.3 Å². The van der Waals surface area contributed by atoms with Crippen molar-refractivity contribution in [1.82, 2.24) is 9.97 Å². The van der Waals surface area contributed by atoms with Crippen LogP contribution in [0.3, 0.4) is 0 Å². The van der Waals surface area contributed by atoms with Gasteiger partial charge in [0, 0.05) is 41.9 Å². The normalized spacial score (nSPS) is 11.3.